The lowest BCUT2D eigenvalue weighted by Gasteiger charge is -2.26. The molecule has 0 bridgehead atoms. The number of aromatic nitrogens is 4. The molecule has 1 saturated heterocycles. The number of ether oxygens (including phenoxy) is 3. The maximum absolute atomic E-state index is 6.65. The fourth-order valence-corrected chi connectivity index (χ4v) is 5.30. The van der Waals surface area contributed by atoms with Crippen LogP contribution >= 0.6 is 0 Å². The van der Waals surface area contributed by atoms with Gasteiger partial charge in [-0.3, -0.25) is 0 Å². The molecule has 0 amide bonds. The molecule has 0 unspecified atom stereocenters. The predicted molar refractivity (Wildman–Crippen MR) is 157 cm³/mol. The lowest BCUT2D eigenvalue weighted by atomic mass is 10.1. The van der Waals surface area contributed by atoms with Crippen molar-refractivity contribution in [3.05, 3.63) is 120 Å². The summed E-state index contributed by atoms with van der Waals surface area (Å²) in [6.07, 6.45) is 2.70. The number of nitrogens with zero attached hydrogens (tertiary/aromatic N) is 4. The van der Waals surface area contributed by atoms with Crippen molar-refractivity contribution >= 4 is 17.0 Å². The standard InChI is InChI=1S/C32H34N6O3/c33-31-28-32(35-21-34-31)38(22-36-28)16-26-29(40-18-24-12-6-2-7-13-24)30(41-19-25-14-8-3-9-15-25)27(37-26)20-39-17-23-10-4-1-5-11-23/h1-15,21-22,26-27,29-30,37H,16-20H2,(H2,33,34,35)/t26-,27-,29+,30+/m0/s1. The van der Waals surface area contributed by atoms with Crippen LogP contribution in [-0.4, -0.2) is 50.4 Å². The van der Waals surface area contributed by atoms with Gasteiger partial charge >= 0.3 is 0 Å². The van der Waals surface area contributed by atoms with Gasteiger partial charge in [-0.2, -0.15) is 0 Å². The molecule has 210 valence electrons. The van der Waals surface area contributed by atoms with Crippen molar-refractivity contribution in [3.8, 4) is 0 Å². The Balaban J connectivity index is 1.25. The number of hydrogen-bond donors (Lipinski definition) is 2. The van der Waals surface area contributed by atoms with Crippen molar-refractivity contribution in [1.82, 2.24) is 24.8 Å². The van der Waals surface area contributed by atoms with Crippen molar-refractivity contribution in [3.63, 3.8) is 0 Å². The molecule has 9 nitrogen and oxygen atoms in total. The highest BCUT2D eigenvalue weighted by atomic mass is 16.5. The summed E-state index contributed by atoms with van der Waals surface area (Å²) < 4.78 is 21.5. The number of anilines is 1. The summed E-state index contributed by atoms with van der Waals surface area (Å²) in [6, 6.07) is 30.4. The third-order valence-electron chi connectivity index (χ3n) is 7.35. The minimum Gasteiger partial charge on any atom is -0.382 e. The number of rotatable bonds is 12. The van der Waals surface area contributed by atoms with Gasteiger partial charge in [-0.1, -0.05) is 91.0 Å². The van der Waals surface area contributed by atoms with Crippen LogP contribution in [0.4, 0.5) is 5.82 Å². The molecule has 3 N–H and O–H groups in total. The molecule has 0 aliphatic carbocycles. The van der Waals surface area contributed by atoms with E-state index in [0.29, 0.717) is 50.0 Å². The first-order valence-corrected chi connectivity index (χ1v) is 13.8. The number of hydrogen-bond acceptors (Lipinski definition) is 8. The third kappa shape index (κ3) is 6.61. The molecule has 3 aromatic carbocycles. The number of nitrogens with two attached hydrogens (primary N) is 1. The van der Waals surface area contributed by atoms with Crippen LogP contribution in [0.3, 0.4) is 0 Å². The molecule has 6 rings (SSSR count). The Morgan fingerprint density at radius 2 is 1.24 bits per heavy atom. The Labute approximate surface area is 239 Å². The van der Waals surface area contributed by atoms with Crippen molar-refractivity contribution < 1.29 is 14.2 Å². The average molecular weight is 551 g/mol. The monoisotopic (exact) mass is 550 g/mol. The molecule has 0 radical (unpaired) electrons. The lowest BCUT2D eigenvalue weighted by Crippen LogP contribution is -2.40. The van der Waals surface area contributed by atoms with Crippen LogP contribution in [-0.2, 0) is 40.6 Å². The topological polar surface area (TPSA) is 109 Å². The van der Waals surface area contributed by atoms with Gasteiger partial charge in [0, 0.05) is 6.54 Å². The van der Waals surface area contributed by atoms with E-state index in [1.54, 1.807) is 6.33 Å². The van der Waals surface area contributed by atoms with Crippen molar-refractivity contribution in [2.24, 2.45) is 0 Å². The van der Waals surface area contributed by atoms with Crippen LogP contribution in [0.1, 0.15) is 16.7 Å². The van der Waals surface area contributed by atoms with Crippen LogP contribution in [0.5, 0.6) is 0 Å². The highest BCUT2D eigenvalue weighted by Gasteiger charge is 2.45. The Morgan fingerprint density at radius 1 is 0.683 bits per heavy atom. The maximum Gasteiger partial charge on any atom is 0.165 e. The molecular formula is C32H34N6O3. The normalized spacial score (nSPS) is 20.5. The fraction of sp³-hybridized carbons (Fsp3) is 0.281. The summed E-state index contributed by atoms with van der Waals surface area (Å²) in [5.41, 5.74) is 10.7. The van der Waals surface area contributed by atoms with Gasteiger partial charge in [-0.05, 0) is 16.7 Å². The van der Waals surface area contributed by atoms with Gasteiger partial charge in [-0.15, -0.1) is 0 Å². The van der Waals surface area contributed by atoms with Gasteiger partial charge in [0.2, 0.25) is 0 Å². The molecule has 5 aromatic rings. The molecular weight excluding hydrogens is 516 g/mol. The second-order valence-electron chi connectivity index (χ2n) is 10.2. The van der Waals surface area contributed by atoms with E-state index < -0.39 is 0 Å². The molecule has 4 atom stereocenters. The van der Waals surface area contributed by atoms with Gasteiger partial charge < -0.3 is 29.8 Å². The molecule has 1 fully saturated rings. The van der Waals surface area contributed by atoms with Crippen LogP contribution < -0.4 is 11.1 Å². The maximum atomic E-state index is 6.65. The summed E-state index contributed by atoms with van der Waals surface area (Å²) >= 11 is 0. The van der Waals surface area contributed by atoms with E-state index >= 15 is 0 Å². The van der Waals surface area contributed by atoms with Crippen molar-refractivity contribution in [2.75, 3.05) is 12.3 Å². The number of imidazole rings is 1. The number of fused-ring (bicyclic) bond motifs is 1. The Kier molecular flexibility index (Phi) is 8.58. The average Bonchev–Trinajstić information content (AvgIpc) is 3.58. The summed E-state index contributed by atoms with van der Waals surface area (Å²) in [7, 11) is 0. The van der Waals surface area contributed by atoms with E-state index in [4.69, 9.17) is 19.9 Å². The first kappa shape index (κ1) is 27.0. The minimum atomic E-state index is -0.263. The van der Waals surface area contributed by atoms with Gasteiger partial charge in [0.05, 0.1) is 44.8 Å². The van der Waals surface area contributed by atoms with Gasteiger partial charge in [0.15, 0.2) is 11.5 Å². The van der Waals surface area contributed by atoms with Crippen LogP contribution in [0.25, 0.3) is 11.2 Å². The highest BCUT2D eigenvalue weighted by molar-refractivity contribution is 5.81. The third-order valence-corrected chi connectivity index (χ3v) is 7.35. The van der Waals surface area contributed by atoms with Crippen LogP contribution in [0.2, 0.25) is 0 Å². The van der Waals surface area contributed by atoms with Crippen LogP contribution in [0, 0.1) is 0 Å². The van der Waals surface area contributed by atoms with E-state index in [1.165, 1.54) is 6.33 Å². The SMILES string of the molecule is Nc1ncnc2c1ncn2C[C@@H]1N[C@@H](COCc2ccccc2)[C@@H](OCc2ccccc2)[C@@H]1OCc1ccccc1. The largest absolute Gasteiger partial charge is 0.382 e. The Morgan fingerprint density at radius 3 is 1.85 bits per heavy atom. The molecule has 0 spiro atoms. The van der Waals surface area contributed by atoms with Gasteiger partial charge in [-0.25, -0.2) is 15.0 Å². The minimum absolute atomic E-state index is 0.0947. The smallest absolute Gasteiger partial charge is 0.165 e. The predicted octanol–water partition coefficient (Wildman–Crippen LogP) is 4.14. The molecule has 9 heteroatoms. The zero-order valence-corrected chi connectivity index (χ0v) is 22.8. The summed E-state index contributed by atoms with van der Waals surface area (Å²) in [5.74, 6) is 0.362. The van der Waals surface area contributed by atoms with Gasteiger partial charge in [0.25, 0.3) is 0 Å². The van der Waals surface area contributed by atoms with Crippen molar-refractivity contribution in [2.45, 2.75) is 50.7 Å². The highest BCUT2D eigenvalue weighted by Crippen LogP contribution is 2.27. The summed E-state index contributed by atoms with van der Waals surface area (Å²) in [6.45, 7) is 2.49. The number of benzene rings is 3. The van der Waals surface area contributed by atoms with E-state index in [-0.39, 0.29) is 24.3 Å². The molecule has 1 aliphatic rings. The molecule has 0 saturated carbocycles. The quantitative estimate of drug-likeness (QED) is 0.239. The van der Waals surface area contributed by atoms with Crippen LogP contribution in [0.15, 0.2) is 104 Å². The number of nitrogen functional groups attached to an aromatic ring is 1. The first-order valence-electron chi connectivity index (χ1n) is 13.8. The van der Waals surface area contributed by atoms with E-state index in [1.807, 2.05) is 59.2 Å². The Hall–Kier alpha value is -4.15. The van der Waals surface area contributed by atoms with Crippen molar-refractivity contribution in [1.29, 1.82) is 0 Å². The summed E-state index contributed by atoms with van der Waals surface area (Å²) in [5, 5.41) is 3.77. The first-order chi connectivity index (χ1) is 20.2. The molecule has 41 heavy (non-hydrogen) atoms. The molecule has 1 aliphatic heterocycles. The second-order valence-corrected chi connectivity index (χ2v) is 10.2. The van der Waals surface area contributed by atoms with E-state index in [2.05, 4.69) is 56.7 Å². The zero-order chi connectivity index (χ0) is 27.9. The lowest BCUT2D eigenvalue weighted by molar-refractivity contribution is -0.0866. The summed E-state index contributed by atoms with van der Waals surface area (Å²) in [4.78, 5) is 13.0. The van der Waals surface area contributed by atoms with E-state index in [0.717, 1.165) is 16.7 Å². The number of nitrogens with one attached hydrogen (secondary N) is 1. The van der Waals surface area contributed by atoms with Gasteiger partial charge in [0.1, 0.15) is 24.1 Å². The molecule has 2 aromatic heterocycles. The zero-order valence-electron chi connectivity index (χ0n) is 22.8. The fourth-order valence-electron chi connectivity index (χ4n) is 5.30. The van der Waals surface area contributed by atoms with E-state index in [9.17, 15) is 0 Å². The molecule has 3 heterocycles. The second kappa shape index (κ2) is 13.0. The Bertz CT molecular complexity index is 1520.